The molecule has 0 aromatic carbocycles. The number of imidazole rings is 1. The third-order valence-corrected chi connectivity index (χ3v) is 3.84. The molecule has 1 saturated heterocycles. The first kappa shape index (κ1) is 24.7. The average molecular weight is 424 g/mol. The summed E-state index contributed by atoms with van der Waals surface area (Å²) in [6, 6.07) is 0. The van der Waals surface area contributed by atoms with Crippen molar-refractivity contribution in [2.75, 3.05) is 6.61 Å². The van der Waals surface area contributed by atoms with E-state index in [0.717, 1.165) is 6.33 Å². The van der Waals surface area contributed by atoms with Crippen molar-refractivity contribution >= 4 is 19.0 Å². The Hall–Kier alpha value is 1.61. The van der Waals surface area contributed by atoms with Gasteiger partial charge in [0.2, 0.25) is 0 Å². The first-order valence-electron chi connectivity index (χ1n) is 6.36. The number of hydrogen-bond donors (Lipinski definition) is 3. The second kappa shape index (κ2) is 9.89. The molecule has 12 nitrogen and oxygen atoms in total. The first-order valence-corrected chi connectivity index (χ1v) is 7.82. The molecule has 25 heavy (non-hydrogen) atoms. The summed E-state index contributed by atoms with van der Waals surface area (Å²) in [5.41, 5.74) is -0.397. The van der Waals surface area contributed by atoms with Crippen LogP contribution in [0.2, 0.25) is 0 Å². The predicted molar refractivity (Wildman–Crippen MR) is 67.6 cm³/mol. The number of rotatable bonds is 4. The number of phosphoric acid groups is 1. The van der Waals surface area contributed by atoms with Gasteiger partial charge in [-0.05, 0) is 0 Å². The maximum Gasteiger partial charge on any atom is 1.00 e. The fourth-order valence-electron chi connectivity index (χ4n) is 2.31. The zero-order valence-electron chi connectivity index (χ0n) is 13.3. The van der Waals surface area contributed by atoms with Crippen molar-refractivity contribution in [1.82, 2.24) is 19.5 Å². The Morgan fingerprint density at radius 3 is 2.64 bits per heavy atom. The number of H-pyrrole nitrogens is 1. The molecule has 1 aliphatic heterocycles. The Morgan fingerprint density at radius 1 is 1.32 bits per heavy atom. The molecule has 0 aliphatic carbocycles. The van der Waals surface area contributed by atoms with Gasteiger partial charge in [0.05, 0.1) is 27.1 Å². The van der Waals surface area contributed by atoms with Crippen LogP contribution >= 0.6 is 7.82 Å². The second-order valence-corrected chi connectivity index (χ2v) is 6.00. The quantitative estimate of drug-likeness (QED) is 0.314. The smallest absolute Gasteiger partial charge is 0.790 e. The average Bonchev–Trinajstić information content (AvgIpc) is 3.01. The molecule has 0 bridgehead atoms. The van der Waals surface area contributed by atoms with Crippen molar-refractivity contribution in [2.45, 2.75) is 24.5 Å². The van der Waals surface area contributed by atoms with Crippen LogP contribution in [0.5, 0.6) is 0 Å². The Bertz CT molecular complexity index is 825. The van der Waals surface area contributed by atoms with E-state index in [1.54, 1.807) is 0 Å². The van der Waals surface area contributed by atoms with E-state index in [2.05, 4.69) is 19.5 Å². The van der Waals surface area contributed by atoms with Crippen LogP contribution in [0.4, 0.5) is 0 Å². The van der Waals surface area contributed by atoms with Gasteiger partial charge in [0.15, 0.2) is 17.4 Å². The molecule has 3 N–H and O–H groups in total. The summed E-state index contributed by atoms with van der Waals surface area (Å²) in [6.07, 6.45) is -3.11. The van der Waals surface area contributed by atoms with Crippen molar-refractivity contribution in [3.8, 4) is 0 Å². The van der Waals surface area contributed by atoms with E-state index in [0.29, 0.717) is 0 Å². The molecule has 0 saturated carbocycles. The van der Waals surface area contributed by atoms with Gasteiger partial charge in [-0.3, -0.25) is 9.36 Å². The van der Waals surface area contributed by atoms with E-state index in [1.165, 1.54) is 10.9 Å². The maximum atomic E-state index is 11.6. The molecule has 3 heterocycles. The van der Waals surface area contributed by atoms with Crippen molar-refractivity contribution in [1.29, 1.82) is 0 Å². The number of phosphoric ester groups is 1. The summed E-state index contributed by atoms with van der Waals surface area (Å²) in [5.74, 6) is 0. The zero-order chi connectivity index (χ0) is 16.8. The number of ether oxygens (including phenoxy) is 1. The van der Waals surface area contributed by atoms with Crippen molar-refractivity contribution in [3.63, 3.8) is 0 Å². The van der Waals surface area contributed by atoms with Crippen LogP contribution in [0.3, 0.4) is 0 Å². The van der Waals surface area contributed by atoms with E-state index in [9.17, 15) is 29.4 Å². The SMILES string of the molecule is O=c1[nH]cnc2c1ncn2C1OC(COP(=O)([O-])[O-])C(O)C1O.[K+].[K+]. The summed E-state index contributed by atoms with van der Waals surface area (Å²) in [6.45, 7) is -0.750. The number of hydrogen-bond acceptors (Lipinski definition) is 10. The topological polar surface area (TPSA) is 186 Å². The standard InChI is InChI=1S/C10H13N4O8P.2K/c15-6-4(1-21-23(18,19)20)22-10(7(6)16)14-3-13-5-8(14)11-2-12-9(5)17;;/h2-4,6-7,10,15-16H,1H2,(H,11,12,17)(H2,18,19,20);;/q;2*+1/p-2. The predicted octanol–water partition coefficient (Wildman–Crippen LogP) is -9.41. The largest absolute Gasteiger partial charge is 1.00 e. The number of aromatic nitrogens is 4. The molecule has 0 spiro atoms. The minimum Gasteiger partial charge on any atom is -0.790 e. The zero-order valence-corrected chi connectivity index (χ0v) is 20.4. The van der Waals surface area contributed by atoms with E-state index >= 15 is 0 Å². The van der Waals surface area contributed by atoms with E-state index in [-0.39, 0.29) is 114 Å². The number of aromatic amines is 1. The summed E-state index contributed by atoms with van der Waals surface area (Å²) in [4.78, 5) is 42.6. The first-order chi connectivity index (χ1) is 10.8. The van der Waals surface area contributed by atoms with Gasteiger partial charge in [0.1, 0.15) is 18.3 Å². The van der Waals surface area contributed by atoms with Crippen LogP contribution in [0.25, 0.3) is 11.2 Å². The number of aliphatic hydroxyl groups is 2. The molecule has 2 aromatic heterocycles. The molecule has 2 aromatic rings. The Morgan fingerprint density at radius 2 is 2.00 bits per heavy atom. The van der Waals surface area contributed by atoms with Gasteiger partial charge in [-0.2, -0.15) is 0 Å². The van der Waals surface area contributed by atoms with Gasteiger partial charge >= 0.3 is 103 Å². The summed E-state index contributed by atoms with van der Waals surface area (Å²) in [5, 5.41) is 19.9. The molecule has 0 radical (unpaired) electrons. The molecule has 1 aliphatic rings. The monoisotopic (exact) mass is 424 g/mol. The summed E-state index contributed by atoms with van der Waals surface area (Å²) >= 11 is 0. The summed E-state index contributed by atoms with van der Waals surface area (Å²) in [7, 11) is -5.24. The van der Waals surface area contributed by atoms with E-state index in [1.807, 2.05) is 0 Å². The van der Waals surface area contributed by atoms with Gasteiger partial charge in [-0.15, -0.1) is 0 Å². The normalized spacial score (nSPS) is 26.2. The fraction of sp³-hybridized carbons (Fsp3) is 0.500. The van der Waals surface area contributed by atoms with Crippen LogP contribution in [0, 0.1) is 0 Å². The van der Waals surface area contributed by atoms with Gasteiger partial charge in [-0.1, -0.05) is 0 Å². The number of aliphatic hydroxyl groups excluding tert-OH is 2. The van der Waals surface area contributed by atoms with E-state index < -0.39 is 44.5 Å². The molecule has 126 valence electrons. The Kier molecular flexibility index (Phi) is 9.75. The van der Waals surface area contributed by atoms with Crippen molar-refractivity contribution in [2.24, 2.45) is 0 Å². The summed E-state index contributed by atoms with van der Waals surface area (Å²) < 4.78 is 21.1. The molecule has 3 rings (SSSR count). The minimum atomic E-state index is -5.24. The van der Waals surface area contributed by atoms with Gasteiger partial charge in [0, 0.05) is 0 Å². The van der Waals surface area contributed by atoms with Crippen molar-refractivity contribution in [3.05, 3.63) is 23.0 Å². The third-order valence-electron chi connectivity index (χ3n) is 3.37. The van der Waals surface area contributed by atoms with E-state index in [4.69, 9.17) is 4.74 Å². The number of nitrogens with zero attached hydrogens (tertiary/aromatic N) is 3. The molecule has 4 unspecified atom stereocenters. The van der Waals surface area contributed by atoms with Crippen LogP contribution in [-0.4, -0.2) is 54.7 Å². The van der Waals surface area contributed by atoms with Crippen LogP contribution in [-0.2, 0) is 13.8 Å². The van der Waals surface area contributed by atoms with Crippen LogP contribution in [0.15, 0.2) is 17.4 Å². The molecule has 15 heteroatoms. The van der Waals surface area contributed by atoms with Gasteiger partial charge < -0.3 is 38.8 Å². The third kappa shape index (κ3) is 5.57. The molecule has 4 atom stereocenters. The van der Waals surface area contributed by atoms with Crippen LogP contribution in [0.1, 0.15) is 6.23 Å². The molecular formula is C10H11K2N4O8P. The molecular weight excluding hydrogens is 413 g/mol. The molecule has 1 fully saturated rings. The molecule has 0 amide bonds. The Balaban J connectivity index is 0.00000156. The number of fused-ring (bicyclic) bond motifs is 1. The fourth-order valence-corrected chi connectivity index (χ4v) is 2.64. The number of nitrogens with one attached hydrogen (secondary N) is 1. The maximum absolute atomic E-state index is 11.6. The minimum absolute atomic E-state index is 0. The van der Waals surface area contributed by atoms with Gasteiger partial charge in [-0.25, -0.2) is 9.97 Å². The second-order valence-electron chi connectivity index (χ2n) is 4.84. The Labute approximate surface area is 225 Å². The van der Waals surface area contributed by atoms with Crippen molar-refractivity contribution < 1.29 is 137 Å². The van der Waals surface area contributed by atoms with Crippen LogP contribution < -0.4 is 118 Å². The van der Waals surface area contributed by atoms with Gasteiger partial charge in [0.25, 0.3) is 5.56 Å².